The molecule has 4 N–H and O–H groups in total. The molecule has 0 aliphatic rings. The fourth-order valence-corrected chi connectivity index (χ4v) is 2.87. The van der Waals surface area contributed by atoms with Crippen molar-refractivity contribution in [3.05, 3.63) is 46.8 Å². The first-order chi connectivity index (χ1) is 11.4. The summed E-state index contributed by atoms with van der Waals surface area (Å²) in [6.07, 6.45) is 0. The van der Waals surface area contributed by atoms with Crippen molar-refractivity contribution in [1.29, 1.82) is 0 Å². The molecule has 1 unspecified atom stereocenters. The molecule has 1 heterocycles. The molecule has 0 aliphatic carbocycles. The van der Waals surface area contributed by atoms with Gasteiger partial charge in [-0.05, 0) is 45.4 Å². The van der Waals surface area contributed by atoms with E-state index in [1.807, 2.05) is 19.9 Å². The second-order valence-electron chi connectivity index (χ2n) is 6.04. The number of carbonyl (C=O) groups excluding carboxylic acids is 1. The summed E-state index contributed by atoms with van der Waals surface area (Å²) in [5, 5.41) is 9.89. The van der Waals surface area contributed by atoms with E-state index in [-0.39, 0.29) is 5.91 Å². The molecule has 0 spiro atoms. The maximum absolute atomic E-state index is 12.3. The van der Waals surface area contributed by atoms with E-state index in [1.54, 1.807) is 0 Å². The van der Waals surface area contributed by atoms with Gasteiger partial charge in [-0.2, -0.15) is 5.10 Å². The van der Waals surface area contributed by atoms with Gasteiger partial charge in [0.05, 0.1) is 5.69 Å². The van der Waals surface area contributed by atoms with Crippen molar-refractivity contribution in [3.63, 3.8) is 0 Å². The van der Waals surface area contributed by atoms with Crippen LogP contribution in [-0.2, 0) is 4.79 Å². The van der Waals surface area contributed by atoms with Gasteiger partial charge in [0, 0.05) is 36.6 Å². The Hall–Kier alpha value is -2.34. The summed E-state index contributed by atoms with van der Waals surface area (Å²) in [5.41, 5.74) is 10.9. The molecule has 0 radical (unpaired) electrons. The Balaban J connectivity index is 1.92. The van der Waals surface area contributed by atoms with Crippen LogP contribution in [0.25, 0.3) is 0 Å². The van der Waals surface area contributed by atoms with E-state index < -0.39 is 6.04 Å². The summed E-state index contributed by atoms with van der Waals surface area (Å²) < 4.78 is 0. The zero-order chi connectivity index (χ0) is 17.7. The van der Waals surface area contributed by atoms with Gasteiger partial charge in [-0.3, -0.25) is 9.89 Å². The Morgan fingerprint density at radius 2 is 2.12 bits per heavy atom. The van der Waals surface area contributed by atoms with Crippen LogP contribution in [0.3, 0.4) is 0 Å². The fraction of sp³-hybridized carbons (Fsp3) is 0.444. The molecule has 0 bridgehead atoms. The Labute approximate surface area is 143 Å². The van der Waals surface area contributed by atoms with E-state index in [0.29, 0.717) is 6.54 Å². The molecule has 1 aromatic carbocycles. The van der Waals surface area contributed by atoms with Crippen LogP contribution in [0.2, 0.25) is 0 Å². The molecule has 24 heavy (non-hydrogen) atoms. The van der Waals surface area contributed by atoms with Crippen molar-refractivity contribution >= 4 is 11.6 Å². The molecule has 0 aliphatic heterocycles. The number of rotatable bonds is 7. The van der Waals surface area contributed by atoms with E-state index in [0.717, 1.165) is 35.7 Å². The quantitative estimate of drug-likeness (QED) is 0.725. The van der Waals surface area contributed by atoms with Crippen LogP contribution in [0.1, 0.15) is 35.5 Å². The first-order valence-electron chi connectivity index (χ1n) is 8.30. The lowest BCUT2D eigenvalue weighted by Gasteiger charge is -2.24. The minimum absolute atomic E-state index is 0.178. The third-order valence-electron chi connectivity index (χ3n) is 4.21. The average molecular weight is 329 g/mol. The molecule has 0 fully saturated rings. The topological polar surface area (TPSA) is 87.0 Å². The number of amides is 1. The number of anilines is 1. The van der Waals surface area contributed by atoms with Crippen LogP contribution < -0.4 is 16.0 Å². The third kappa shape index (κ3) is 4.14. The van der Waals surface area contributed by atoms with Gasteiger partial charge < -0.3 is 16.0 Å². The zero-order valence-corrected chi connectivity index (χ0v) is 14.9. The van der Waals surface area contributed by atoms with Crippen LogP contribution in [-0.4, -0.2) is 35.7 Å². The van der Waals surface area contributed by atoms with E-state index in [9.17, 15) is 4.79 Å². The van der Waals surface area contributed by atoms with Gasteiger partial charge in [-0.15, -0.1) is 0 Å². The Kier molecular flexibility index (Phi) is 5.98. The summed E-state index contributed by atoms with van der Waals surface area (Å²) in [6, 6.07) is 7.66. The number of H-pyrrole nitrogens is 1. The lowest BCUT2D eigenvalue weighted by atomic mass is 10.1. The number of benzene rings is 1. The molecular weight excluding hydrogens is 302 g/mol. The molecule has 1 aromatic heterocycles. The molecule has 2 rings (SSSR count). The second kappa shape index (κ2) is 7.97. The highest BCUT2D eigenvalue weighted by molar-refractivity contribution is 5.83. The van der Waals surface area contributed by atoms with Crippen molar-refractivity contribution in [1.82, 2.24) is 15.5 Å². The van der Waals surface area contributed by atoms with Crippen LogP contribution in [0.5, 0.6) is 0 Å². The van der Waals surface area contributed by atoms with Gasteiger partial charge in [0.15, 0.2) is 0 Å². The smallest absolute Gasteiger partial charge is 0.241 e. The molecule has 1 amide bonds. The van der Waals surface area contributed by atoms with E-state index in [2.05, 4.69) is 52.5 Å². The molecule has 0 saturated heterocycles. The summed E-state index contributed by atoms with van der Waals surface area (Å²) in [4.78, 5) is 14.5. The molecular formula is C18H27N5O. The third-order valence-corrected chi connectivity index (χ3v) is 4.21. The Morgan fingerprint density at radius 3 is 2.71 bits per heavy atom. The first-order valence-corrected chi connectivity index (χ1v) is 8.30. The Morgan fingerprint density at radius 1 is 1.38 bits per heavy atom. The first kappa shape index (κ1) is 18.0. The number of aromatic nitrogens is 2. The molecule has 2 aromatic rings. The van der Waals surface area contributed by atoms with Gasteiger partial charge in [0.2, 0.25) is 5.91 Å². The lowest BCUT2D eigenvalue weighted by Crippen LogP contribution is -2.39. The van der Waals surface area contributed by atoms with Crippen molar-refractivity contribution in [2.24, 2.45) is 5.73 Å². The van der Waals surface area contributed by atoms with Crippen LogP contribution in [0.15, 0.2) is 24.3 Å². The molecule has 6 heteroatoms. The average Bonchev–Trinajstić information content (AvgIpc) is 2.89. The van der Waals surface area contributed by atoms with Gasteiger partial charge in [0.25, 0.3) is 0 Å². The second-order valence-corrected chi connectivity index (χ2v) is 6.04. The predicted molar refractivity (Wildman–Crippen MR) is 97.1 cm³/mol. The highest BCUT2D eigenvalue weighted by Crippen LogP contribution is 2.18. The fourth-order valence-electron chi connectivity index (χ4n) is 2.87. The number of aryl methyl sites for hydroxylation is 3. The van der Waals surface area contributed by atoms with E-state index in [4.69, 9.17) is 5.73 Å². The van der Waals surface area contributed by atoms with E-state index >= 15 is 0 Å². The molecule has 1 atom stereocenters. The monoisotopic (exact) mass is 329 g/mol. The van der Waals surface area contributed by atoms with Crippen LogP contribution >= 0.6 is 0 Å². The number of carbonyl (C=O) groups is 1. The number of likely N-dealkylation sites (N-methyl/N-ethyl adjacent to an activating group) is 1. The Bertz CT molecular complexity index is 675. The summed E-state index contributed by atoms with van der Waals surface area (Å²) in [5.74, 6) is -0.178. The number of nitrogens with zero attached hydrogens (tertiary/aromatic N) is 2. The SMILES string of the molecule is CCN(CCNC(=O)C(N)c1c(C)n[nH]c1C)c1cccc(C)c1. The maximum Gasteiger partial charge on any atom is 0.241 e. The van der Waals surface area contributed by atoms with Crippen molar-refractivity contribution < 1.29 is 4.79 Å². The van der Waals surface area contributed by atoms with Crippen LogP contribution in [0, 0.1) is 20.8 Å². The van der Waals surface area contributed by atoms with E-state index in [1.165, 1.54) is 5.56 Å². The number of nitrogens with one attached hydrogen (secondary N) is 2. The molecule has 130 valence electrons. The molecule has 6 nitrogen and oxygen atoms in total. The predicted octanol–water partition coefficient (Wildman–Crippen LogP) is 1.98. The van der Waals surface area contributed by atoms with Gasteiger partial charge in [0.1, 0.15) is 6.04 Å². The number of aromatic amines is 1. The minimum atomic E-state index is -0.696. The largest absolute Gasteiger partial charge is 0.370 e. The van der Waals surface area contributed by atoms with Crippen molar-refractivity contribution in [3.8, 4) is 0 Å². The number of nitrogens with two attached hydrogens (primary N) is 1. The standard InChI is InChI=1S/C18H27N5O/c1-5-23(15-8-6-7-12(2)11-15)10-9-20-18(24)17(19)16-13(3)21-22-14(16)4/h6-8,11,17H,5,9-10,19H2,1-4H3,(H,20,24)(H,21,22). The minimum Gasteiger partial charge on any atom is -0.370 e. The zero-order valence-electron chi connectivity index (χ0n) is 14.9. The highest BCUT2D eigenvalue weighted by atomic mass is 16.2. The molecule has 0 saturated carbocycles. The van der Waals surface area contributed by atoms with Gasteiger partial charge >= 0.3 is 0 Å². The number of hydrogen-bond acceptors (Lipinski definition) is 4. The van der Waals surface area contributed by atoms with Crippen molar-refractivity contribution in [2.75, 3.05) is 24.5 Å². The normalized spacial score (nSPS) is 12.0. The van der Waals surface area contributed by atoms with Crippen LogP contribution in [0.4, 0.5) is 5.69 Å². The summed E-state index contributed by atoms with van der Waals surface area (Å²) in [7, 11) is 0. The maximum atomic E-state index is 12.3. The highest BCUT2D eigenvalue weighted by Gasteiger charge is 2.21. The van der Waals surface area contributed by atoms with Gasteiger partial charge in [-0.25, -0.2) is 0 Å². The summed E-state index contributed by atoms with van der Waals surface area (Å²) >= 11 is 0. The van der Waals surface area contributed by atoms with Gasteiger partial charge in [-0.1, -0.05) is 12.1 Å². The summed E-state index contributed by atoms with van der Waals surface area (Å²) in [6.45, 7) is 10.1. The van der Waals surface area contributed by atoms with Crippen molar-refractivity contribution in [2.45, 2.75) is 33.7 Å². The lowest BCUT2D eigenvalue weighted by molar-refractivity contribution is -0.122. The number of hydrogen-bond donors (Lipinski definition) is 3.